The van der Waals surface area contributed by atoms with Gasteiger partial charge in [0.05, 0.1) is 11.3 Å². The van der Waals surface area contributed by atoms with Crippen molar-refractivity contribution in [3.63, 3.8) is 0 Å². The minimum atomic E-state index is -3.66. The number of nitrogens with one attached hydrogen (secondary N) is 3. The molecule has 3 aromatic carbocycles. The summed E-state index contributed by atoms with van der Waals surface area (Å²) in [4.78, 5) is 24.3. The molecule has 1 unspecified atom stereocenters. The number of esters is 1. The highest BCUT2D eigenvalue weighted by atomic mass is 32.2. The van der Waals surface area contributed by atoms with Gasteiger partial charge in [0, 0.05) is 5.69 Å². The van der Waals surface area contributed by atoms with Crippen LogP contribution in [-0.4, -0.2) is 26.9 Å². The zero-order chi connectivity index (χ0) is 21.8. The smallest absolute Gasteiger partial charge is 0.338 e. The van der Waals surface area contributed by atoms with E-state index in [4.69, 9.17) is 4.74 Å². The zero-order valence-electron chi connectivity index (χ0n) is 16.2. The minimum Gasteiger partial charge on any atom is -0.452 e. The first kappa shape index (κ1) is 20.6. The molecule has 0 aliphatic carbocycles. The Morgan fingerprint density at radius 2 is 1.58 bits per heavy atom. The van der Waals surface area contributed by atoms with Crippen LogP contribution in [-0.2, 0) is 19.6 Å². The molecule has 0 radical (unpaired) electrons. The minimum absolute atomic E-state index is 0.181. The topological polar surface area (TPSA) is 114 Å². The lowest BCUT2D eigenvalue weighted by molar-refractivity contribution is -0.119. The number of rotatable bonds is 5. The van der Waals surface area contributed by atoms with Gasteiger partial charge in [0.25, 0.3) is 5.91 Å². The van der Waals surface area contributed by atoms with Crippen LogP contribution in [0.4, 0.5) is 11.4 Å². The fourth-order valence-corrected chi connectivity index (χ4v) is 4.43. The lowest BCUT2D eigenvalue weighted by atomic mass is 10.1. The van der Waals surface area contributed by atoms with Crippen LogP contribution in [0.1, 0.15) is 22.1 Å². The van der Waals surface area contributed by atoms with Gasteiger partial charge < -0.3 is 15.4 Å². The van der Waals surface area contributed by atoms with E-state index in [0.717, 1.165) is 0 Å². The Balaban J connectivity index is 1.38. The predicted octanol–water partition coefficient (Wildman–Crippen LogP) is 2.88. The molecule has 31 heavy (non-hydrogen) atoms. The third kappa shape index (κ3) is 4.73. The van der Waals surface area contributed by atoms with E-state index < -0.39 is 34.7 Å². The van der Waals surface area contributed by atoms with E-state index in [2.05, 4.69) is 15.4 Å². The highest BCUT2D eigenvalue weighted by Gasteiger charge is 2.29. The van der Waals surface area contributed by atoms with E-state index in [1.807, 2.05) is 6.07 Å². The first-order valence-corrected chi connectivity index (χ1v) is 10.9. The molecule has 0 aromatic heterocycles. The first-order chi connectivity index (χ1) is 14.9. The molecule has 0 saturated heterocycles. The van der Waals surface area contributed by atoms with Crippen LogP contribution in [0, 0.1) is 0 Å². The second-order valence-corrected chi connectivity index (χ2v) is 8.49. The largest absolute Gasteiger partial charge is 0.452 e. The number of sulfonamides is 1. The van der Waals surface area contributed by atoms with Crippen molar-refractivity contribution in [3.05, 3.63) is 90.0 Å². The van der Waals surface area contributed by atoms with Crippen LogP contribution in [0.3, 0.4) is 0 Å². The Hall–Kier alpha value is -3.69. The quantitative estimate of drug-likeness (QED) is 0.529. The number of ether oxygens (including phenoxy) is 1. The molecule has 0 saturated carbocycles. The van der Waals surface area contributed by atoms with Gasteiger partial charge in [-0.1, -0.05) is 42.5 Å². The molecule has 0 spiro atoms. The molecular formula is C22H19N3O5S. The molecule has 9 heteroatoms. The Morgan fingerprint density at radius 1 is 0.903 bits per heavy atom. The van der Waals surface area contributed by atoms with Crippen molar-refractivity contribution in [3.8, 4) is 0 Å². The fourth-order valence-electron chi connectivity index (χ4n) is 3.12. The molecule has 1 aliphatic rings. The summed E-state index contributed by atoms with van der Waals surface area (Å²) in [6.45, 7) is -0.420. The van der Waals surface area contributed by atoms with Crippen molar-refractivity contribution in [1.82, 2.24) is 4.72 Å². The van der Waals surface area contributed by atoms with Gasteiger partial charge in [-0.2, -0.15) is 4.72 Å². The molecule has 1 aliphatic heterocycles. The number of para-hydroxylation sites is 2. The predicted molar refractivity (Wildman–Crippen MR) is 115 cm³/mol. The standard InChI is InChI=1S/C22H19N3O5S/c26-20(23-17-6-2-1-3-7-17)14-30-22(27)16-12-10-15(11-13-16)21-24-18-8-4-5-9-19(18)31(28,29)25-21/h1-13,21,24-25H,14H2,(H,23,26). The summed E-state index contributed by atoms with van der Waals surface area (Å²) >= 11 is 0. The summed E-state index contributed by atoms with van der Waals surface area (Å²) in [6.07, 6.45) is -0.679. The summed E-state index contributed by atoms with van der Waals surface area (Å²) in [6, 6.07) is 21.7. The van der Waals surface area contributed by atoms with Crippen molar-refractivity contribution >= 4 is 33.3 Å². The number of benzene rings is 3. The summed E-state index contributed by atoms with van der Waals surface area (Å²) in [7, 11) is -3.66. The maximum atomic E-state index is 12.4. The Labute approximate surface area is 179 Å². The Kier molecular flexibility index (Phi) is 5.70. The number of carbonyl (C=O) groups is 2. The van der Waals surface area contributed by atoms with Gasteiger partial charge in [-0.05, 0) is 42.0 Å². The van der Waals surface area contributed by atoms with Gasteiger partial charge >= 0.3 is 5.97 Å². The molecule has 0 fully saturated rings. The van der Waals surface area contributed by atoms with E-state index in [0.29, 0.717) is 16.9 Å². The highest BCUT2D eigenvalue weighted by Crippen LogP contribution is 2.30. The second-order valence-electron chi connectivity index (χ2n) is 6.81. The van der Waals surface area contributed by atoms with Gasteiger partial charge in [0.2, 0.25) is 10.0 Å². The zero-order valence-corrected chi connectivity index (χ0v) is 17.1. The third-order valence-electron chi connectivity index (χ3n) is 4.62. The van der Waals surface area contributed by atoms with E-state index in [1.54, 1.807) is 54.6 Å². The van der Waals surface area contributed by atoms with E-state index in [-0.39, 0.29) is 10.5 Å². The molecule has 158 valence electrons. The Morgan fingerprint density at radius 3 is 2.32 bits per heavy atom. The van der Waals surface area contributed by atoms with Crippen LogP contribution >= 0.6 is 0 Å². The van der Waals surface area contributed by atoms with E-state index in [1.165, 1.54) is 18.2 Å². The van der Waals surface area contributed by atoms with Crippen molar-refractivity contribution in [2.24, 2.45) is 0 Å². The fraction of sp³-hybridized carbons (Fsp3) is 0.0909. The van der Waals surface area contributed by atoms with Crippen molar-refractivity contribution in [2.45, 2.75) is 11.1 Å². The average Bonchev–Trinajstić information content (AvgIpc) is 2.78. The maximum Gasteiger partial charge on any atom is 0.338 e. The van der Waals surface area contributed by atoms with Crippen LogP contribution < -0.4 is 15.4 Å². The number of hydrogen-bond donors (Lipinski definition) is 3. The van der Waals surface area contributed by atoms with Gasteiger partial charge in [-0.25, -0.2) is 13.2 Å². The summed E-state index contributed by atoms with van der Waals surface area (Å²) in [5, 5.41) is 5.75. The molecule has 3 N–H and O–H groups in total. The van der Waals surface area contributed by atoms with Gasteiger partial charge in [-0.3, -0.25) is 4.79 Å². The lowest BCUT2D eigenvalue weighted by Crippen LogP contribution is -2.38. The van der Waals surface area contributed by atoms with Crippen LogP contribution in [0.5, 0.6) is 0 Å². The molecule has 8 nitrogen and oxygen atoms in total. The summed E-state index contributed by atoms with van der Waals surface area (Å²) in [5.74, 6) is -1.10. The number of amides is 1. The summed E-state index contributed by atoms with van der Waals surface area (Å²) < 4.78 is 32.5. The van der Waals surface area contributed by atoms with E-state index >= 15 is 0 Å². The van der Waals surface area contributed by atoms with Crippen molar-refractivity contribution in [1.29, 1.82) is 0 Å². The SMILES string of the molecule is O=C(COC(=O)c1ccc(C2Nc3ccccc3S(=O)(=O)N2)cc1)Nc1ccccc1. The van der Waals surface area contributed by atoms with Gasteiger partial charge in [0.15, 0.2) is 6.61 Å². The van der Waals surface area contributed by atoms with Gasteiger partial charge in [0.1, 0.15) is 11.1 Å². The van der Waals surface area contributed by atoms with Crippen molar-refractivity contribution in [2.75, 3.05) is 17.2 Å². The van der Waals surface area contributed by atoms with Crippen molar-refractivity contribution < 1.29 is 22.7 Å². The van der Waals surface area contributed by atoms with E-state index in [9.17, 15) is 18.0 Å². The van der Waals surface area contributed by atoms with Crippen LogP contribution in [0.25, 0.3) is 0 Å². The first-order valence-electron chi connectivity index (χ1n) is 9.42. The molecule has 0 bridgehead atoms. The molecule has 3 aromatic rings. The molecular weight excluding hydrogens is 418 g/mol. The number of fused-ring (bicyclic) bond motifs is 1. The number of anilines is 2. The Bertz CT molecular complexity index is 1210. The normalized spacial score (nSPS) is 16.5. The van der Waals surface area contributed by atoms with Crippen LogP contribution in [0.2, 0.25) is 0 Å². The molecule has 4 rings (SSSR count). The average molecular weight is 437 g/mol. The molecule has 1 amide bonds. The van der Waals surface area contributed by atoms with Crippen LogP contribution in [0.15, 0.2) is 83.8 Å². The number of hydrogen-bond acceptors (Lipinski definition) is 6. The second kappa shape index (κ2) is 8.58. The number of carbonyl (C=O) groups excluding carboxylic acids is 2. The summed E-state index contributed by atoms with van der Waals surface area (Å²) in [5.41, 5.74) is 1.97. The third-order valence-corrected chi connectivity index (χ3v) is 6.10. The molecule has 1 atom stereocenters. The maximum absolute atomic E-state index is 12.4. The van der Waals surface area contributed by atoms with Gasteiger partial charge in [-0.15, -0.1) is 0 Å². The highest BCUT2D eigenvalue weighted by molar-refractivity contribution is 7.89. The monoisotopic (exact) mass is 437 g/mol. The lowest BCUT2D eigenvalue weighted by Gasteiger charge is -2.28. The molecule has 1 heterocycles.